The zero-order valence-corrected chi connectivity index (χ0v) is 19.1. The van der Waals surface area contributed by atoms with Crippen LogP contribution in [0.2, 0.25) is 12.6 Å². The van der Waals surface area contributed by atoms with E-state index in [0.717, 1.165) is 43.0 Å². The number of hydrogen-bond donors (Lipinski definition) is 3. The molecule has 2 heterocycles. The molecule has 2 aliphatic heterocycles. The van der Waals surface area contributed by atoms with Gasteiger partial charge in [-0.15, -0.1) is 0 Å². The molecule has 9 heteroatoms. The third-order valence-corrected chi connectivity index (χ3v) is 6.24. The fourth-order valence-electron chi connectivity index (χ4n) is 4.60. The summed E-state index contributed by atoms with van der Waals surface area (Å²) < 4.78 is 6.20. The van der Waals surface area contributed by atoms with Gasteiger partial charge in [-0.1, -0.05) is 45.9 Å². The summed E-state index contributed by atoms with van der Waals surface area (Å²) in [6, 6.07) is 2.84. The quantitative estimate of drug-likeness (QED) is 0.418. The first kappa shape index (κ1) is 25.6. The molecular formula is C23H32BN3O5. The second-order valence-corrected chi connectivity index (χ2v) is 7.96. The van der Waals surface area contributed by atoms with Crippen molar-refractivity contribution in [2.75, 3.05) is 0 Å². The molecule has 32 heavy (non-hydrogen) atoms. The number of imide groups is 1. The van der Waals surface area contributed by atoms with Crippen molar-refractivity contribution < 1.29 is 24.2 Å². The van der Waals surface area contributed by atoms with E-state index in [-0.39, 0.29) is 18.8 Å². The molecule has 1 aromatic rings. The Morgan fingerprint density at radius 2 is 2.03 bits per heavy atom. The Morgan fingerprint density at radius 3 is 2.59 bits per heavy atom. The van der Waals surface area contributed by atoms with Crippen LogP contribution in [0.25, 0.3) is 0 Å². The highest BCUT2D eigenvalue weighted by atomic mass is 16.5. The van der Waals surface area contributed by atoms with Crippen molar-refractivity contribution in [2.45, 2.75) is 83.9 Å². The highest BCUT2D eigenvalue weighted by Gasteiger charge is 2.45. The maximum Gasteiger partial charge on any atom is 0.336 e. The third-order valence-electron chi connectivity index (χ3n) is 6.24. The number of ether oxygens (including phenoxy) is 1. The lowest BCUT2D eigenvalue weighted by Crippen LogP contribution is -2.43. The van der Waals surface area contributed by atoms with Crippen molar-refractivity contribution in [3.05, 3.63) is 34.4 Å². The van der Waals surface area contributed by atoms with E-state index in [1.54, 1.807) is 6.07 Å². The highest BCUT2D eigenvalue weighted by Crippen LogP contribution is 2.48. The van der Waals surface area contributed by atoms with Gasteiger partial charge in [0.25, 0.3) is 6.71 Å². The molecule has 0 radical (unpaired) electrons. The molecule has 172 valence electrons. The fourth-order valence-corrected chi connectivity index (χ4v) is 4.60. The van der Waals surface area contributed by atoms with Crippen molar-refractivity contribution in [3.8, 4) is 5.97 Å². The third kappa shape index (κ3) is 5.37. The predicted molar refractivity (Wildman–Crippen MR) is 121 cm³/mol. The number of rotatable bonds is 8. The van der Waals surface area contributed by atoms with Crippen LogP contribution >= 0.6 is 0 Å². The van der Waals surface area contributed by atoms with E-state index >= 15 is 0 Å². The Hall–Kier alpha value is -2.70. The molecule has 1 saturated heterocycles. The minimum absolute atomic E-state index is 0.0360. The van der Waals surface area contributed by atoms with Gasteiger partial charge in [0.15, 0.2) is 0 Å². The van der Waals surface area contributed by atoms with Crippen molar-refractivity contribution in [1.82, 2.24) is 10.6 Å². The van der Waals surface area contributed by atoms with Gasteiger partial charge in [0.2, 0.25) is 12.3 Å². The predicted octanol–water partition coefficient (Wildman–Crippen LogP) is 3.02. The molecule has 0 aromatic heterocycles. The van der Waals surface area contributed by atoms with Gasteiger partial charge >= 0.3 is 5.97 Å². The summed E-state index contributed by atoms with van der Waals surface area (Å²) in [6.07, 6.45) is 4.59. The maximum atomic E-state index is 12.1. The summed E-state index contributed by atoms with van der Waals surface area (Å²) in [4.78, 5) is 34.6. The van der Waals surface area contributed by atoms with Crippen LogP contribution < -0.4 is 10.6 Å². The lowest BCUT2D eigenvalue weighted by molar-refractivity contribution is -0.127. The molecule has 0 bridgehead atoms. The van der Waals surface area contributed by atoms with Crippen LogP contribution in [0.1, 0.15) is 73.5 Å². The number of nitrogens with zero attached hydrogens (tertiary/aromatic N) is 1. The lowest BCUT2D eigenvalue weighted by Gasteiger charge is -2.34. The standard InChI is InChI=1S/C21H26BN3O5.C2H6/c1-2-3-18(19(27)25-13-26)24-10-15-14(20(28)29)4-5-17-16(15)11-30-21(17)6-8-22(12-23)9-7-21;1-2/h4-5,13,18,24H,2-3,6-11H2,1H3,(H,28,29)(H,25,26,27);1-2H3. The second kappa shape index (κ2) is 11.8. The average Bonchev–Trinajstić information content (AvgIpc) is 3.16. The summed E-state index contributed by atoms with van der Waals surface area (Å²) in [5.74, 6) is 0.864. The van der Waals surface area contributed by atoms with Crippen LogP contribution in [-0.2, 0) is 33.1 Å². The van der Waals surface area contributed by atoms with Crippen LogP contribution in [0.4, 0.5) is 0 Å². The maximum absolute atomic E-state index is 12.1. The minimum Gasteiger partial charge on any atom is -0.478 e. The Labute approximate surface area is 189 Å². The van der Waals surface area contributed by atoms with Crippen molar-refractivity contribution in [2.24, 2.45) is 0 Å². The van der Waals surface area contributed by atoms with Crippen LogP contribution in [-0.4, -0.2) is 36.1 Å². The summed E-state index contributed by atoms with van der Waals surface area (Å²) >= 11 is 0. The molecule has 2 amide bonds. The minimum atomic E-state index is -1.03. The topological polar surface area (TPSA) is 129 Å². The number of amides is 2. The Morgan fingerprint density at radius 1 is 1.34 bits per heavy atom. The van der Waals surface area contributed by atoms with E-state index in [4.69, 9.17) is 4.74 Å². The number of fused-ring (bicyclic) bond motifs is 2. The molecule has 8 nitrogen and oxygen atoms in total. The first-order valence-electron chi connectivity index (χ1n) is 11.3. The molecule has 3 N–H and O–H groups in total. The number of carboxylic acid groups (broad SMARTS) is 1. The van der Waals surface area contributed by atoms with Crippen molar-refractivity contribution in [3.63, 3.8) is 0 Å². The zero-order valence-electron chi connectivity index (χ0n) is 19.1. The average molecular weight is 441 g/mol. The first-order chi connectivity index (χ1) is 15.5. The Kier molecular flexibility index (Phi) is 9.42. The Bertz CT molecular complexity index is 875. The van der Waals surface area contributed by atoms with Gasteiger partial charge in [0, 0.05) is 12.5 Å². The van der Waals surface area contributed by atoms with Crippen LogP contribution in [0.3, 0.4) is 0 Å². The number of carboxylic acids is 1. The first-order valence-corrected chi connectivity index (χ1v) is 11.3. The molecule has 2 aliphatic rings. The van der Waals surface area contributed by atoms with E-state index in [2.05, 4.69) is 16.6 Å². The fraction of sp³-hybridized carbons (Fsp3) is 0.565. The molecule has 1 fully saturated rings. The molecule has 1 unspecified atom stereocenters. The molecule has 0 aliphatic carbocycles. The van der Waals surface area contributed by atoms with Gasteiger partial charge in [-0.3, -0.25) is 14.9 Å². The van der Waals surface area contributed by atoms with E-state index in [1.165, 1.54) is 0 Å². The molecular weight excluding hydrogens is 409 g/mol. The van der Waals surface area contributed by atoms with Crippen LogP contribution in [0, 0.1) is 11.2 Å². The number of nitriles is 1. The molecule has 1 aromatic carbocycles. The van der Waals surface area contributed by atoms with E-state index in [0.29, 0.717) is 25.0 Å². The van der Waals surface area contributed by atoms with E-state index < -0.39 is 23.5 Å². The summed E-state index contributed by atoms with van der Waals surface area (Å²) in [6.45, 7) is 6.46. The van der Waals surface area contributed by atoms with Gasteiger partial charge in [0.1, 0.15) is 0 Å². The van der Waals surface area contributed by atoms with Crippen LogP contribution in [0.5, 0.6) is 0 Å². The largest absolute Gasteiger partial charge is 0.478 e. The molecule has 1 spiro atoms. The molecule has 0 saturated carbocycles. The van der Waals surface area contributed by atoms with E-state index in [1.807, 2.05) is 26.8 Å². The van der Waals surface area contributed by atoms with Crippen molar-refractivity contribution >= 4 is 25.0 Å². The summed E-state index contributed by atoms with van der Waals surface area (Å²) in [7, 11) is 0. The van der Waals surface area contributed by atoms with Gasteiger partial charge in [-0.05, 0) is 42.0 Å². The van der Waals surface area contributed by atoms with E-state index in [9.17, 15) is 24.8 Å². The molecule has 1 atom stereocenters. The number of benzene rings is 1. The SMILES string of the molecule is CC.CCCC(NCc1c(C(=O)O)ccc2c1COC21CCB(C#N)CC1)C(=O)NC=O. The van der Waals surface area contributed by atoms with Gasteiger partial charge in [-0.25, -0.2) is 10.1 Å². The van der Waals surface area contributed by atoms with Crippen LogP contribution in [0.15, 0.2) is 12.1 Å². The smallest absolute Gasteiger partial charge is 0.336 e. The number of hydrogen-bond acceptors (Lipinski definition) is 6. The van der Waals surface area contributed by atoms with Gasteiger partial charge in [0.05, 0.1) is 23.8 Å². The summed E-state index contributed by atoms with van der Waals surface area (Å²) in [5.41, 5.74) is 2.17. The monoisotopic (exact) mass is 441 g/mol. The lowest BCUT2D eigenvalue weighted by atomic mass is 9.41. The Balaban J connectivity index is 0.00000176. The zero-order chi connectivity index (χ0) is 23.7. The van der Waals surface area contributed by atoms with Gasteiger partial charge in [-0.2, -0.15) is 0 Å². The number of carbonyl (C=O) groups is 3. The number of aromatic carboxylic acids is 1. The normalized spacial score (nSPS) is 16.9. The molecule has 3 rings (SSSR count). The highest BCUT2D eigenvalue weighted by molar-refractivity contribution is 6.67. The second-order valence-electron chi connectivity index (χ2n) is 7.96. The van der Waals surface area contributed by atoms with Gasteiger partial charge < -0.3 is 15.2 Å². The number of nitrogens with one attached hydrogen (secondary N) is 2. The summed E-state index contributed by atoms with van der Waals surface area (Å²) in [5, 5.41) is 24.2. The number of carbonyl (C=O) groups excluding carboxylic acids is 2. The van der Waals surface area contributed by atoms with Crippen molar-refractivity contribution in [1.29, 1.82) is 5.26 Å².